The lowest BCUT2D eigenvalue weighted by molar-refractivity contribution is -0.287. The number of alkyl halides is 1. The number of likely N-dealkylation sites (tertiary alicyclic amines) is 2. The third-order valence-electron chi connectivity index (χ3n) is 6.39. The smallest absolute Gasteiger partial charge is 0.371 e. The van der Waals surface area contributed by atoms with E-state index in [1.54, 1.807) is 11.8 Å². The molecular formula is C23H39FN2O5. The summed E-state index contributed by atoms with van der Waals surface area (Å²) in [5, 5.41) is 0. The number of carbonyl (C=O) groups is 2. The van der Waals surface area contributed by atoms with Gasteiger partial charge in [0, 0.05) is 19.6 Å². The van der Waals surface area contributed by atoms with Crippen LogP contribution in [0, 0.1) is 5.92 Å². The van der Waals surface area contributed by atoms with E-state index in [4.69, 9.17) is 14.2 Å². The SMILES string of the molecule is CCOC(=O)C1CCC(OC(C(=O)OC(C)(C)C)(N2CCCC2)N2CCCC2F)CC1. The number of esters is 2. The summed E-state index contributed by atoms with van der Waals surface area (Å²) < 4.78 is 32.7. The maximum absolute atomic E-state index is 15.1. The van der Waals surface area contributed by atoms with Crippen molar-refractivity contribution in [3.05, 3.63) is 0 Å². The van der Waals surface area contributed by atoms with Gasteiger partial charge in [-0.1, -0.05) is 0 Å². The van der Waals surface area contributed by atoms with Crippen LogP contribution >= 0.6 is 0 Å². The summed E-state index contributed by atoms with van der Waals surface area (Å²) >= 11 is 0. The topological polar surface area (TPSA) is 68.3 Å². The van der Waals surface area contributed by atoms with Crippen molar-refractivity contribution in [1.82, 2.24) is 9.80 Å². The summed E-state index contributed by atoms with van der Waals surface area (Å²) in [6.45, 7) is 9.43. The van der Waals surface area contributed by atoms with Gasteiger partial charge < -0.3 is 14.2 Å². The van der Waals surface area contributed by atoms with Gasteiger partial charge in [0.2, 0.25) is 0 Å². The van der Waals surface area contributed by atoms with Gasteiger partial charge in [-0.15, -0.1) is 0 Å². The zero-order valence-corrected chi connectivity index (χ0v) is 19.5. The van der Waals surface area contributed by atoms with Crippen molar-refractivity contribution >= 4 is 11.9 Å². The second kappa shape index (κ2) is 10.1. The summed E-state index contributed by atoms with van der Waals surface area (Å²) in [6, 6.07) is 0. The van der Waals surface area contributed by atoms with Crippen molar-refractivity contribution in [1.29, 1.82) is 0 Å². The Balaban J connectivity index is 1.84. The standard InChI is InChI=1S/C23H39FN2O5/c1-5-29-20(27)17-10-12-18(13-11-17)30-23(25-14-6-7-15-25,21(28)31-22(2,3)4)26-16-8-9-19(26)24/h17-19H,5-16H2,1-4H3. The van der Waals surface area contributed by atoms with Crippen LogP contribution in [0.4, 0.5) is 4.39 Å². The van der Waals surface area contributed by atoms with Gasteiger partial charge in [0.25, 0.3) is 5.85 Å². The number of halogens is 1. The van der Waals surface area contributed by atoms with Crippen molar-refractivity contribution in [2.24, 2.45) is 5.92 Å². The fraction of sp³-hybridized carbons (Fsp3) is 0.913. The molecule has 8 heteroatoms. The fourth-order valence-electron chi connectivity index (χ4n) is 4.96. The molecule has 2 unspecified atom stereocenters. The quantitative estimate of drug-likeness (QED) is 0.441. The Bertz CT molecular complexity index is 626. The number of rotatable bonds is 7. The first-order chi connectivity index (χ1) is 14.7. The number of ether oxygens (including phenoxy) is 3. The molecule has 7 nitrogen and oxygen atoms in total. The summed E-state index contributed by atoms with van der Waals surface area (Å²) in [5.41, 5.74) is -0.710. The van der Waals surface area contributed by atoms with Crippen LogP contribution in [0.15, 0.2) is 0 Å². The van der Waals surface area contributed by atoms with E-state index < -0.39 is 23.7 Å². The second-order valence-electron chi connectivity index (χ2n) is 9.92. The van der Waals surface area contributed by atoms with E-state index in [-0.39, 0.29) is 18.0 Å². The third-order valence-corrected chi connectivity index (χ3v) is 6.39. The normalized spacial score (nSPS) is 30.2. The average Bonchev–Trinajstić information content (AvgIpc) is 3.38. The van der Waals surface area contributed by atoms with Gasteiger partial charge in [-0.25, -0.2) is 14.1 Å². The zero-order valence-electron chi connectivity index (χ0n) is 19.5. The molecule has 178 valence electrons. The highest BCUT2D eigenvalue weighted by Crippen LogP contribution is 2.39. The van der Waals surface area contributed by atoms with Crippen LogP contribution in [0.3, 0.4) is 0 Å². The van der Waals surface area contributed by atoms with Gasteiger partial charge in [0.05, 0.1) is 18.6 Å². The van der Waals surface area contributed by atoms with Gasteiger partial charge in [0.15, 0.2) is 6.30 Å². The predicted octanol–water partition coefficient (Wildman–Crippen LogP) is 3.61. The lowest BCUT2D eigenvalue weighted by atomic mass is 9.87. The maximum atomic E-state index is 15.1. The van der Waals surface area contributed by atoms with E-state index in [9.17, 15) is 9.59 Å². The van der Waals surface area contributed by atoms with Gasteiger partial charge in [0.1, 0.15) is 5.60 Å². The van der Waals surface area contributed by atoms with Crippen LogP contribution in [0.2, 0.25) is 0 Å². The molecule has 0 radical (unpaired) electrons. The highest BCUT2D eigenvalue weighted by molar-refractivity contribution is 5.79. The van der Waals surface area contributed by atoms with Crippen molar-refractivity contribution < 1.29 is 28.2 Å². The van der Waals surface area contributed by atoms with Crippen molar-refractivity contribution in [3.8, 4) is 0 Å². The summed E-state index contributed by atoms with van der Waals surface area (Å²) in [4.78, 5) is 29.3. The molecule has 31 heavy (non-hydrogen) atoms. The largest absolute Gasteiger partial charge is 0.466 e. The van der Waals surface area contributed by atoms with Crippen LogP contribution in [-0.2, 0) is 23.8 Å². The van der Waals surface area contributed by atoms with Crippen molar-refractivity contribution in [3.63, 3.8) is 0 Å². The summed E-state index contributed by atoms with van der Waals surface area (Å²) in [7, 11) is 0. The molecular weight excluding hydrogens is 403 g/mol. The van der Waals surface area contributed by atoms with Crippen LogP contribution in [-0.4, -0.2) is 71.8 Å². The molecule has 2 heterocycles. The summed E-state index contributed by atoms with van der Waals surface area (Å²) in [6.07, 6.45) is 4.01. The lowest BCUT2D eigenvalue weighted by Crippen LogP contribution is -2.69. The van der Waals surface area contributed by atoms with Gasteiger partial charge in [-0.05, 0) is 79.1 Å². The van der Waals surface area contributed by atoms with Crippen molar-refractivity contribution in [2.45, 2.75) is 103 Å². The Labute approximate surface area is 185 Å². The monoisotopic (exact) mass is 442 g/mol. The lowest BCUT2D eigenvalue weighted by Gasteiger charge is -2.48. The minimum atomic E-state index is -1.55. The molecule has 0 spiro atoms. The molecule has 2 aliphatic heterocycles. The first-order valence-corrected chi connectivity index (χ1v) is 11.9. The molecule has 0 bridgehead atoms. The highest BCUT2D eigenvalue weighted by Gasteiger charge is 2.58. The molecule has 0 amide bonds. The first kappa shape index (κ1) is 24.4. The molecule has 0 aromatic rings. The van der Waals surface area contributed by atoms with Crippen LogP contribution in [0.25, 0.3) is 0 Å². The van der Waals surface area contributed by atoms with E-state index in [0.29, 0.717) is 64.8 Å². The fourth-order valence-corrected chi connectivity index (χ4v) is 4.96. The number of nitrogens with zero attached hydrogens (tertiary/aromatic N) is 2. The van der Waals surface area contributed by atoms with Crippen LogP contribution in [0.1, 0.15) is 79.1 Å². The van der Waals surface area contributed by atoms with Crippen molar-refractivity contribution in [2.75, 3.05) is 26.2 Å². The molecule has 0 aromatic carbocycles. The van der Waals surface area contributed by atoms with Gasteiger partial charge in [-0.3, -0.25) is 9.69 Å². The number of hydrogen-bond donors (Lipinski definition) is 0. The Morgan fingerprint density at radius 2 is 1.61 bits per heavy atom. The Morgan fingerprint density at radius 1 is 0.968 bits per heavy atom. The van der Waals surface area contributed by atoms with Gasteiger partial charge >= 0.3 is 11.9 Å². The van der Waals surface area contributed by atoms with E-state index in [0.717, 1.165) is 12.8 Å². The van der Waals surface area contributed by atoms with Crippen LogP contribution < -0.4 is 0 Å². The molecule has 2 saturated heterocycles. The maximum Gasteiger partial charge on any atom is 0.371 e. The molecule has 1 aliphatic carbocycles. The first-order valence-electron chi connectivity index (χ1n) is 11.9. The average molecular weight is 443 g/mol. The van der Waals surface area contributed by atoms with E-state index in [2.05, 4.69) is 0 Å². The number of hydrogen-bond acceptors (Lipinski definition) is 7. The molecule has 2 atom stereocenters. The minimum Gasteiger partial charge on any atom is -0.466 e. The highest BCUT2D eigenvalue weighted by atomic mass is 19.1. The predicted molar refractivity (Wildman–Crippen MR) is 114 cm³/mol. The Morgan fingerprint density at radius 3 is 2.13 bits per heavy atom. The molecule has 3 aliphatic rings. The van der Waals surface area contributed by atoms with E-state index >= 15 is 4.39 Å². The van der Waals surface area contributed by atoms with E-state index in [1.165, 1.54) is 0 Å². The Kier molecular flexibility index (Phi) is 7.97. The molecule has 0 N–H and O–H groups in total. The van der Waals surface area contributed by atoms with E-state index in [1.807, 2.05) is 25.7 Å². The molecule has 1 saturated carbocycles. The third kappa shape index (κ3) is 5.57. The minimum absolute atomic E-state index is 0.136. The van der Waals surface area contributed by atoms with Gasteiger partial charge in [-0.2, -0.15) is 0 Å². The van der Waals surface area contributed by atoms with Crippen LogP contribution in [0.5, 0.6) is 0 Å². The zero-order chi connectivity index (χ0) is 22.6. The Hall–Kier alpha value is -1.25. The number of carbonyl (C=O) groups excluding carboxylic acids is 2. The molecule has 3 fully saturated rings. The second-order valence-corrected chi connectivity index (χ2v) is 9.92. The molecule has 0 aromatic heterocycles. The molecule has 3 rings (SSSR count). The summed E-state index contributed by atoms with van der Waals surface area (Å²) in [5.74, 6) is -2.38.